The van der Waals surface area contributed by atoms with E-state index in [4.69, 9.17) is 9.47 Å². The van der Waals surface area contributed by atoms with Crippen molar-refractivity contribution < 1.29 is 9.47 Å². The quantitative estimate of drug-likeness (QED) is 0.389. The molecule has 1 aliphatic rings. The third kappa shape index (κ3) is 6.57. The Morgan fingerprint density at radius 3 is 2.65 bits per heavy atom. The lowest BCUT2D eigenvalue weighted by molar-refractivity contribution is 0.254. The van der Waals surface area contributed by atoms with E-state index in [-0.39, 0.29) is 0 Å². The molecule has 0 amide bonds. The molecule has 0 unspecified atom stereocenters. The van der Waals surface area contributed by atoms with E-state index in [1.807, 2.05) is 42.8 Å². The second kappa shape index (κ2) is 11.6. The van der Waals surface area contributed by atoms with Crippen molar-refractivity contribution in [2.75, 3.05) is 50.5 Å². The van der Waals surface area contributed by atoms with Gasteiger partial charge in [0.25, 0.3) is 0 Å². The molecule has 0 bridgehead atoms. The van der Waals surface area contributed by atoms with Gasteiger partial charge in [0.2, 0.25) is 5.95 Å². The van der Waals surface area contributed by atoms with Crippen molar-refractivity contribution in [3.63, 3.8) is 0 Å². The van der Waals surface area contributed by atoms with E-state index in [9.17, 15) is 0 Å². The number of hydrogen-bond acceptors (Lipinski definition) is 9. The summed E-state index contributed by atoms with van der Waals surface area (Å²) >= 11 is 0. The summed E-state index contributed by atoms with van der Waals surface area (Å²) in [7, 11) is 1.65. The van der Waals surface area contributed by atoms with Crippen LogP contribution in [0, 0.1) is 13.8 Å². The number of rotatable bonds is 12. The Balaban J connectivity index is 1.31. The van der Waals surface area contributed by atoms with E-state index >= 15 is 0 Å². The van der Waals surface area contributed by atoms with Crippen LogP contribution in [0.4, 0.5) is 17.5 Å². The molecule has 10 heteroatoms. The van der Waals surface area contributed by atoms with E-state index in [0.29, 0.717) is 37.1 Å². The molecule has 0 aliphatic carbocycles. The predicted molar refractivity (Wildman–Crippen MR) is 132 cm³/mol. The molecule has 3 aromatic rings. The molecule has 10 nitrogen and oxygen atoms in total. The van der Waals surface area contributed by atoms with Crippen molar-refractivity contribution in [3.05, 3.63) is 42.1 Å². The molecule has 2 N–H and O–H groups in total. The minimum atomic E-state index is 0.503. The van der Waals surface area contributed by atoms with E-state index in [1.165, 1.54) is 25.9 Å². The molecular weight excluding hydrogens is 432 g/mol. The van der Waals surface area contributed by atoms with Gasteiger partial charge in [-0.2, -0.15) is 10.1 Å². The number of methoxy groups -OCH3 is 1. The van der Waals surface area contributed by atoms with Crippen molar-refractivity contribution in [1.29, 1.82) is 0 Å². The molecule has 1 saturated heterocycles. The summed E-state index contributed by atoms with van der Waals surface area (Å²) in [6.07, 6.45) is 5.33. The first-order chi connectivity index (χ1) is 16.6. The van der Waals surface area contributed by atoms with Gasteiger partial charge in [-0.15, -0.1) is 0 Å². The van der Waals surface area contributed by atoms with Crippen molar-refractivity contribution >= 4 is 17.5 Å². The monoisotopic (exact) mass is 466 g/mol. The van der Waals surface area contributed by atoms with Crippen LogP contribution in [0.15, 0.2) is 30.5 Å². The first-order valence-corrected chi connectivity index (χ1v) is 11.9. The number of nitrogens with one attached hydrogen (secondary N) is 2. The van der Waals surface area contributed by atoms with Crippen LogP contribution < -0.4 is 20.1 Å². The van der Waals surface area contributed by atoms with Gasteiger partial charge in [0.15, 0.2) is 11.5 Å². The van der Waals surface area contributed by atoms with Crippen LogP contribution in [-0.2, 0) is 6.54 Å². The minimum absolute atomic E-state index is 0.503. The number of aromatic nitrogens is 5. The van der Waals surface area contributed by atoms with Crippen molar-refractivity contribution in [2.24, 2.45) is 0 Å². The highest BCUT2D eigenvalue weighted by Crippen LogP contribution is 2.31. The second-order valence-electron chi connectivity index (χ2n) is 8.36. The fourth-order valence-electron chi connectivity index (χ4n) is 4.05. The van der Waals surface area contributed by atoms with Gasteiger partial charge in [0.1, 0.15) is 17.5 Å². The van der Waals surface area contributed by atoms with E-state index in [2.05, 4.69) is 35.6 Å². The molecule has 0 spiro atoms. The Labute approximate surface area is 200 Å². The molecule has 0 saturated carbocycles. The maximum absolute atomic E-state index is 6.04. The molecule has 3 heterocycles. The highest BCUT2D eigenvalue weighted by molar-refractivity contribution is 5.60. The number of benzene rings is 1. The fraction of sp³-hybridized carbons (Fsp3) is 0.500. The third-order valence-electron chi connectivity index (χ3n) is 5.74. The Hall–Kier alpha value is -3.40. The Bertz CT molecular complexity index is 1060. The molecule has 34 heavy (non-hydrogen) atoms. The Kier molecular flexibility index (Phi) is 8.13. The molecule has 4 rings (SSSR count). The number of hydrogen-bond donors (Lipinski definition) is 2. The minimum Gasteiger partial charge on any atom is -0.493 e. The summed E-state index contributed by atoms with van der Waals surface area (Å²) in [5.74, 6) is 4.34. The summed E-state index contributed by atoms with van der Waals surface area (Å²) in [6.45, 7) is 9.36. The first-order valence-electron chi connectivity index (χ1n) is 11.9. The van der Waals surface area contributed by atoms with Crippen molar-refractivity contribution in [3.8, 4) is 11.5 Å². The van der Waals surface area contributed by atoms with Gasteiger partial charge in [-0.05, 0) is 64.4 Å². The van der Waals surface area contributed by atoms with Crippen LogP contribution in [0.25, 0.3) is 0 Å². The summed E-state index contributed by atoms with van der Waals surface area (Å²) in [5.41, 5.74) is 0.834. The van der Waals surface area contributed by atoms with Crippen molar-refractivity contribution in [2.45, 2.75) is 39.7 Å². The van der Waals surface area contributed by atoms with E-state index in [0.717, 1.165) is 36.1 Å². The lowest BCUT2D eigenvalue weighted by Crippen LogP contribution is -2.21. The highest BCUT2D eigenvalue weighted by atomic mass is 16.5. The molecular formula is C24H34N8O2. The zero-order valence-corrected chi connectivity index (χ0v) is 20.3. The fourth-order valence-corrected chi connectivity index (χ4v) is 4.05. The van der Waals surface area contributed by atoms with Crippen LogP contribution in [0.5, 0.6) is 11.5 Å². The number of likely N-dealkylation sites (tertiary alicyclic amines) is 1. The number of nitrogens with zero attached hydrogens (tertiary/aromatic N) is 6. The smallest absolute Gasteiger partial charge is 0.229 e. The normalized spacial score (nSPS) is 13.7. The van der Waals surface area contributed by atoms with Gasteiger partial charge in [0, 0.05) is 31.0 Å². The average molecular weight is 467 g/mol. The van der Waals surface area contributed by atoms with Gasteiger partial charge in [-0.3, -0.25) is 0 Å². The van der Waals surface area contributed by atoms with Gasteiger partial charge < -0.3 is 25.0 Å². The molecule has 2 aromatic heterocycles. The van der Waals surface area contributed by atoms with Crippen LogP contribution in [0.3, 0.4) is 0 Å². The largest absolute Gasteiger partial charge is 0.493 e. The van der Waals surface area contributed by atoms with Gasteiger partial charge in [-0.25, -0.2) is 14.6 Å². The first kappa shape index (κ1) is 23.7. The van der Waals surface area contributed by atoms with Gasteiger partial charge in [0.05, 0.1) is 20.3 Å². The third-order valence-corrected chi connectivity index (χ3v) is 5.74. The number of ether oxygens (including phenoxy) is 2. The zero-order valence-electron chi connectivity index (χ0n) is 20.3. The lowest BCUT2D eigenvalue weighted by atomic mass is 10.2. The predicted octanol–water partition coefficient (Wildman–Crippen LogP) is 3.41. The topological polar surface area (TPSA) is 102 Å². The zero-order chi connectivity index (χ0) is 23.8. The number of anilines is 3. The summed E-state index contributed by atoms with van der Waals surface area (Å²) < 4.78 is 13.4. The highest BCUT2D eigenvalue weighted by Gasteiger charge is 2.12. The molecule has 1 aromatic carbocycles. The van der Waals surface area contributed by atoms with E-state index < -0.39 is 0 Å². The molecule has 182 valence electrons. The molecule has 0 radical (unpaired) electrons. The van der Waals surface area contributed by atoms with Crippen LogP contribution in [0.2, 0.25) is 0 Å². The standard InChI is InChI=1S/C24H34N8O2/c1-18-27-19(2)32(30-18)15-11-25-23-9-10-26-24(29-23)28-20-7-8-21(33-3)22(17-20)34-16-6-14-31-12-4-5-13-31/h7-10,17H,4-6,11-16H2,1-3H3,(H2,25,26,28,29). The van der Waals surface area contributed by atoms with E-state index in [1.54, 1.807) is 13.3 Å². The lowest BCUT2D eigenvalue weighted by Gasteiger charge is -2.16. The maximum Gasteiger partial charge on any atom is 0.229 e. The average Bonchev–Trinajstić information content (AvgIpc) is 3.46. The van der Waals surface area contributed by atoms with Gasteiger partial charge in [-0.1, -0.05) is 0 Å². The van der Waals surface area contributed by atoms with Gasteiger partial charge >= 0.3 is 0 Å². The van der Waals surface area contributed by atoms with Crippen LogP contribution in [0.1, 0.15) is 30.9 Å². The second-order valence-corrected chi connectivity index (χ2v) is 8.36. The number of aryl methyl sites for hydroxylation is 2. The molecule has 0 atom stereocenters. The molecule has 1 aliphatic heterocycles. The summed E-state index contributed by atoms with van der Waals surface area (Å²) in [6, 6.07) is 7.58. The Morgan fingerprint density at radius 1 is 1.03 bits per heavy atom. The SMILES string of the molecule is COc1ccc(Nc2nccc(NCCn3nc(C)nc3C)n2)cc1OCCCN1CCCC1. The van der Waals surface area contributed by atoms with Crippen molar-refractivity contribution in [1.82, 2.24) is 29.6 Å². The Morgan fingerprint density at radius 2 is 1.88 bits per heavy atom. The van der Waals surface area contributed by atoms with Crippen LogP contribution >= 0.6 is 0 Å². The molecule has 1 fully saturated rings. The summed E-state index contributed by atoms with van der Waals surface area (Å²) in [5, 5.41) is 11.0. The van der Waals surface area contributed by atoms with Crippen LogP contribution in [-0.4, -0.2) is 69.5 Å². The maximum atomic E-state index is 6.04. The summed E-state index contributed by atoms with van der Waals surface area (Å²) in [4.78, 5) is 15.7.